The summed E-state index contributed by atoms with van der Waals surface area (Å²) in [5, 5.41) is 13.2. The van der Waals surface area contributed by atoms with Crippen LogP contribution in [0.3, 0.4) is 0 Å². The molecule has 35 heavy (non-hydrogen) atoms. The third-order valence-electron chi connectivity index (χ3n) is 6.48. The highest BCUT2D eigenvalue weighted by Gasteiger charge is 2.41. The molecule has 0 radical (unpaired) electrons. The predicted molar refractivity (Wildman–Crippen MR) is 121 cm³/mol. The van der Waals surface area contributed by atoms with Gasteiger partial charge in [0, 0.05) is 25.6 Å². The van der Waals surface area contributed by atoms with Crippen LogP contribution in [-0.2, 0) is 19.1 Å². The molecule has 1 aliphatic heterocycles. The van der Waals surface area contributed by atoms with Crippen LogP contribution in [0.5, 0.6) is 0 Å². The number of carboxylic acid groups (broad SMARTS) is 1. The second kappa shape index (κ2) is 9.99. The molecular formula is C25H26F2N2O6. The lowest BCUT2D eigenvalue weighted by molar-refractivity contribution is -0.164. The third kappa shape index (κ3) is 5.43. The molecule has 10 heteroatoms. The topological polar surface area (TPSA) is 114 Å². The van der Waals surface area contributed by atoms with Crippen molar-refractivity contribution in [2.24, 2.45) is 0 Å². The largest absolute Gasteiger partial charge is 0.477 e. The van der Waals surface area contributed by atoms with Crippen LogP contribution >= 0.6 is 0 Å². The van der Waals surface area contributed by atoms with E-state index in [-0.39, 0.29) is 45.0 Å². The Morgan fingerprint density at radius 3 is 2.17 bits per heavy atom. The van der Waals surface area contributed by atoms with Gasteiger partial charge in [-0.2, -0.15) is 8.78 Å². The molecule has 2 aromatic carbocycles. The van der Waals surface area contributed by atoms with Gasteiger partial charge < -0.3 is 25.2 Å². The first-order chi connectivity index (χ1) is 16.7. The Morgan fingerprint density at radius 1 is 1.03 bits per heavy atom. The van der Waals surface area contributed by atoms with Crippen LogP contribution in [-0.4, -0.2) is 60.9 Å². The molecule has 8 nitrogen and oxygen atoms in total. The number of hydrogen-bond acceptors (Lipinski definition) is 5. The first kappa shape index (κ1) is 24.6. The van der Waals surface area contributed by atoms with Crippen molar-refractivity contribution in [2.45, 2.75) is 36.6 Å². The van der Waals surface area contributed by atoms with Gasteiger partial charge in [0.2, 0.25) is 5.91 Å². The number of nitrogens with one attached hydrogen (secondary N) is 2. The van der Waals surface area contributed by atoms with Gasteiger partial charge in [-0.3, -0.25) is 4.79 Å². The van der Waals surface area contributed by atoms with Crippen molar-refractivity contribution in [3.63, 3.8) is 0 Å². The first-order valence-electron chi connectivity index (χ1n) is 11.3. The number of fused-ring (bicyclic) bond motifs is 3. The lowest BCUT2D eigenvalue weighted by Gasteiger charge is -2.37. The quantitative estimate of drug-likeness (QED) is 0.526. The Bertz CT molecular complexity index is 1070. The van der Waals surface area contributed by atoms with E-state index in [0.717, 1.165) is 22.3 Å². The molecule has 3 N–H and O–H groups in total. The van der Waals surface area contributed by atoms with Gasteiger partial charge in [-0.1, -0.05) is 48.5 Å². The minimum Gasteiger partial charge on any atom is -0.477 e. The number of halogens is 2. The molecule has 186 valence electrons. The summed E-state index contributed by atoms with van der Waals surface area (Å²) in [5.41, 5.74) is 3.24. The molecular weight excluding hydrogens is 462 g/mol. The maximum Gasteiger partial charge on any atom is 0.407 e. The fourth-order valence-electron chi connectivity index (χ4n) is 4.61. The van der Waals surface area contributed by atoms with Crippen molar-refractivity contribution in [1.29, 1.82) is 0 Å². The number of rotatable bonds is 8. The monoisotopic (exact) mass is 488 g/mol. The van der Waals surface area contributed by atoms with Gasteiger partial charge >= 0.3 is 18.0 Å². The zero-order valence-corrected chi connectivity index (χ0v) is 18.9. The lowest BCUT2D eigenvalue weighted by Crippen LogP contribution is -2.55. The zero-order valence-electron chi connectivity index (χ0n) is 18.9. The smallest absolute Gasteiger partial charge is 0.407 e. The Hall–Kier alpha value is -3.53. The number of amides is 2. The van der Waals surface area contributed by atoms with E-state index in [0.29, 0.717) is 0 Å². The maximum atomic E-state index is 13.3. The Kier molecular flexibility index (Phi) is 7.02. The van der Waals surface area contributed by atoms with Crippen LogP contribution in [0.1, 0.15) is 36.3 Å². The number of alkyl halides is 2. The van der Waals surface area contributed by atoms with Gasteiger partial charge in [-0.15, -0.1) is 0 Å². The van der Waals surface area contributed by atoms with Gasteiger partial charge in [0.1, 0.15) is 6.61 Å². The SMILES string of the molecule is O=C(CC1(NC(=O)OCC2c3ccccc3-c3ccccc32)CCOCC1)NCC(F)(F)C(=O)O. The molecule has 0 spiro atoms. The second-order valence-corrected chi connectivity index (χ2v) is 8.81. The van der Waals surface area contributed by atoms with Crippen molar-refractivity contribution < 1.29 is 37.7 Å². The molecule has 0 atom stereocenters. The summed E-state index contributed by atoms with van der Waals surface area (Å²) in [6.07, 6.45) is -0.478. The lowest BCUT2D eigenvalue weighted by atomic mass is 9.86. The fraction of sp³-hybridized carbons (Fsp3) is 0.400. The minimum absolute atomic E-state index is 0.0868. The van der Waals surface area contributed by atoms with E-state index in [1.165, 1.54) is 0 Å². The van der Waals surface area contributed by atoms with Crippen LogP contribution < -0.4 is 10.6 Å². The molecule has 1 saturated heterocycles. The Morgan fingerprint density at radius 2 is 1.60 bits per heavy atom. The van der Waals surface area contributed by atoms with E-state index in [4.69, 9.17) is 14.6 Å². The summed E-state index contributed by atoms with van der Waals surface area (Å²) < 4.78 is 37.6. The molecule has 1 heterocycles. The summed E-state index contributed by atoms with van der Waals surface area (Å²) in [4.78, 5) is 35.7. The van der Waals surface area contributed by atoms with E-state index >= 15 is 0 Å². The number of benzene rings is 2. The molecule has 2 aromatic rings. The highest BCUT2D eigenvalue weighted by molar-refractivity contribution is 5.81. The first-order valence-corrected chi connectivity index (χ1v) is 11.3. The Balaban J connectivity index is 1.40. The molecule has 0 saturated carbocycles. The zero-order chi connectivity index (χ0) is 25.1. The van der Waals surface area contributed by atoms with Gasteiger partial charge in [0.15, 0.2) is 0 Å². The molecule has 1 aliphatic carbocycles. The van der Waals surface area contributed by atoms with Gasteiger partial charge in [-0.05, 0) is 35.1 Å². The van der Waals surface area contributed by atoms with Gasteiger partial charge in [-0.25, -0.2) is 9.59 Å². The van der Waals surface area contributed by atoms with Crippen molar-refractivity contribution in [3.05, 3.63) is 59.7 Å². The van der Waals surface area contributed by atoms with Crippen LogP contribution in [0.2, 0.25) is 0 Å². The van der Waals surface area contributed by atoms with Crippen molar-refractivity contribution in [1.82, 2.24) is 10.6 Å². The van der Waals surface area contributed by atoms with E-state index in [1.807, 2.05) is 53.8 Å². The average molecular weight is 488 g/mol. The van der Waals surface area contributed by atoms with Crippen molar-refractivity contribution in [2.75, 3.05) is 26.4 Å². The fourth-order valence-corrected chi connectivity index (χ4v) is 4.61. The second-order valence-electron chi connectivity index (χ2n) is 8.81. The average Bonchev–Trinajstić information content (AvgIpc) is 3.15. The summed E-state index contributed by atoms with van der Waals surface area (Å²) in [6, 6.07) is 15.8. The van der Waals surface area contributed by atoms with E-state index in [2.05, 4.69) is 5.32 Å². The summed E-state index contributed by atoms with van der Waals surface area (Å²) in [5.74, 6) is -7.35. The molecule has 1 fully saturated rings. The van der Waals surface area contributed by atoms with E-state index in [1.54, 1.807) is 0 Å². The highest BCUT2D eigenvalue weighted by Crippen LogP contribution is 2.44. The summed E-state index contributed by atoms with van der Waals surface area (Å²) in [6.45, 7) is -0.716. The Labute approximate surface area is 200 Å². The highest BCUT2D eigenvalue weighted by atomic mass is 19.3. The van der Waals surface area contributed by atoms with Crippen molar-refractivity contribution >= 4 is 18.0 Å². The summed E-state index contributed by atoms with van der Waals surface area (Å²) >= 11 is 0. The number of aliphatic carboxylic acids is 1. The third-order valence-corrected chi connectivity index (χ3v) is 6.48. The van der Waals surface area contributed by atoms with E-state index < -0.39 is 36.0 Å². The van der Waals surface area contributed by atoms with Gasteiger partial charge in [0.25, 0.3) is 0 Å². The number of carbonyl (C=O) groups excluding carboxylic acids is 2. The number of ether oxygens (including phenoxy) is 2. The van der Waals surface area contributed by atoms with Gasteiger partial charge in [0.05, 0.1) is 12.1 Å². The molecule has 4 rings (SSSR count). The number of alkyl carbamates (subject to hydrolysis) is 1. The maximum absolute atomic E-state index is 13.3. The minimum atomic E-state index is -4.08. The standard InChI is InChI=1S/C25H26F2N2O6/c26-25(27,22(31)32)15-28-21(30)13-24(9-11-34-12-10-24)29-23(33)35-14-20-18-7-3-1-5-16(18)17-6-2-4-8-19(17)20/h1-8,20H,9-15H2,(H,28,30)(H,29,33)(H,31,32). The van der Waals surface area contributed by atoms with Crippen LogP contribution in [0, 0.1) is 0 Å². The predicted octanol–water partition coefficient (Wildman–Crippen LogP) is 3.30. The van der Waals surface area contributed by atoms with Crippen LogP contribution in [0.4, 0.5) is 13.6 Å². The molecule has 0 unspecified atom stereocenters. The molecule has 2 amide bonds. The van der Waals surface area contributed by atoms with Crippen LogP contribution in [0.25, 0.3) is 11.1 Å². The van der Waals surface area contributed by atoms with Crippen molar-refractivity contribution in [3.8, 4) is 11.1 Å². The molecule has 0 aromatic heterocycles. The van der Waals surface area contributed by atoms with Crippen LogP contribution in [0.15, 0.2) is 48.5 Å². The molecule has 2 aliphatic rings. The van der Waals surface area contributed by atoms with E-state index in [9.17, 15) is 23.2 Å². The normalized spacial score (nSPS) is 16.6. The summed E-state index contributed by atoms with van der Waals surface area (Å²) in [7, 11) is 0. The number of carboxylic acids is 1. The number of carbonyl (C=O) groups is 3. The molecule has 0 bridgehead atoms. The number of hydrogen-bond donors (Lipinski definition) is 3.